The van der Waals surface area contributed by atoms with Gasteiger partial charge < -0.3 is 29.2 Å². The number of rotatable bonds is 13. The second-order valence-corrected chi connectivity index (χ2v) is 8.87. The van der Waals surface area contributed by atoms with Crippen LogP contribution in [0.25, 0.3) is 0 Å². The van der Waals surface area contributed by atoms with E-state index in [0.29, 0.717) is 26.2 Å². The molecular weight excluding hydrogens is 468 g/mol. The van der Waals surface area contributed by atoms with E-state index in [4.69, 9.17) is 18.9 Å². The molecule has 37 heavy (non-hydrogen) atoms. The van der Waals surface area contributed by atoms with Gasteiger partial charge in [0.2, 0.25) is 0 Å². The third-order valence-corrected chi connectivity index (χ3v) is 6.27. The molecule has 0 aliphatic carbocycles. The number of ether oxygens (including phenoxy) is 4. The number of carbonyl (C=O) groups is 1. The van der Waals surface area contributed by atoms with E-state index in [9.17, 15) is 4.79 Å². The van der Waals surface area contributed by atoms with Crippen molar-refractivity contribution in [3.8, 4) is 11.5 Å². The van der Waals surface area contributed by atoms with Crippen LogP contribution >= 0.6 is 0 Å². The van der Waals surface area contributed by atoms with Crippen LogP contribution in [0.4, 0.5) is 11.4 Å². The summed E-state index contributed by atoms with van der Waals surface area (Å²) in [5, 5.41) is 3.45. The molecule has 1 atom stereocenters. The monoisotopic (exact) mass is 504 g/mol. The molecule has 0 bridgehead atoms. The highest BCUT2D eigenvalue weighted by molar-refractivity contribution is 5.75. The minimum absolute atomic E-state index is 0.349. The van der Waals surface area contributed by atoms with E-state index in [1.807, 2.05) is 61.5 Å². The Hall–Kier alpha value is -3.71. The van der Waals surface area contributed by atoms with Crippen LogP contribution in [-0.2, 0) is 27.2 Å². The van der Waals surface area contributed by atoms with Gasteiger partial charge in [-0.1, -0.05) is 36.4 Å². The van der Waals surface area contributed by atoms with Crippen LogP contribution < -0.4 is 19.7 Å². The Balaban J connectivity index is 1.22. The van der Waals surface area contributed by atoms with Crippen LogP contribution in [0.2, 0.25) is 0 Å². The van der Waals surface area contributed by atoms with Crippen LogP contribution in [0.15, 0.2) is 72.8 Å². The van der Waals surface area contributed by atoms with Crippen molar-refractivity contribution in [3.05, 3.63) is 83.9 Å². The SMILES string of the molecule is CCOC(Cc1ccc(NCc2cccc(OCCCN3CCOc4ccccc43)c2)cc1)C(=O)OC. The van der Waals surface area contributed by atoms with E-state index in [1.165, 1.54) is 7.11 Å². The first kappa shape index (κ1) is 26.4. The highest BCUT2D eigenvalue weighted by Crippen LogP contribution is 2.30. The third kappa shape index (κ3) is 7.64. The maximum absolute atomic E-state index is 11.9. The highest BCUT2D eigenvalue weighted by atomic mass is 16.6. The summed E-state index contributed by atoms with van der Waals surface area (Å²) in [6.45, 7) is 6.23. The van der Waals surface area contributed by atoms with Gasteiger partial charge in [0.25, 0.3) is 0 Å². The number of para-hydroxylation sites is 2. The number of nitrogens with one attached hydrogen (secondary N) is 1. The maximum Gasteiger partial charge on any atom is 0.335 e. The number of benzene rings is 3. The van der Waals surface area contributed by atoms with Gasteiger partial charge in [-0.25, -0.2) is 4.79 Å². The summed E-state index contributed by atoms with van der Waals surface area (Å²) in [7, 11) is 1.38. The maximum atomic E-state index is 11.9. The van der Waals surface area contributed by atoms with E-state index in [2.05, 4.69) is 28.4 Å². The van der Waals surface area contributed by atoms with Crippen molar-refractivity contribution < 1.29 is 23.7 Å². The number of nitrogens with zero attached hydrogens (tertiary/aromatic N) is 1. The number of anilines is 2. The smallest absolute Gasteiger partial charge is 0.335 e. The van der Waals surface area contributed by atoms with E-state index < -0.39 is 6.10 Å². The van der Waals surface area contributed by atoms with E-state index in [1.54, 1.807) is 0 Å². The van der Waals surface area contributed by atoms with Crippen molar-refractivity contribution in [1.82, 2.24) is 0 Å². The zero-order chi connectivity index (χ0) is 25.9. The minimum Gasteiger partial charge on any atom is -0.494 e. The van der Waals surface area contributed by atoms with E-state index in [0.717, 1.165) is 60.1 Å². The number of fused-ring (bicyclic) bond motifs is 1. The summed E-state index contributed by atoms with van der Waals surface area (Å²) in [4.78, 5) is 14.2. The largest absolute Gasteiger partial charge is 0.494 e. The van der Waals surface area contributed by atoms with Crippen LogP contribution in [0, 0.1) is 0 Å². The summed E-state index contributed by atoms with van der Waals surface area (Å²) in [5.74, 6) is 1.49. The van der Waals surface area contributed by atoms with Crippen molar-refractivity contribution in [3.63, 3.8) is 0 Å². The first-order valence-corrected chi connectivity index (χ1v) is 12.9. The van der Waals surface area contributed by atoms with Gasteiger partial charge in [-0.05, 0) is 60.9 Å². The van der Waals surface area contributed by atoms with Gasteiger partial charge in [0.1, 0.15) is 18.1 Å². The molecule has 3 aromatic carbocycles. The molecule has 0 saturated heterocycles. The fraction of sp³-hybridized carbons (Fsp3) is 0.367. The molecule has 7 nitrogen and oxygen atoms in total. The molecule has 0 amide bonds. The Morgan fingerprint density at radius 3 is 2.70 bits per heavy atom. The Morgan fingerprint density at radius 2 is 1.89 bits per heavy atom. The molecule has 0 radical (unpaired) electrons. The van der Waals surface area contributed by atoms with Gasteiger partial charge in [0.15, 0.2) is 6.10 Å². The quantitative estimate of drug-likeness (QED) is 0.257. The summed E-state index contributed by atoms with van der Waals surface area (Å²) >= 11 is 0. The lowest BCUT2D eigenvalue weighted by Crippen LogP contribution is -2.34. The molecule has 3 aromatic rings. The minimum atomic E-state index is -0.582. The summed E-state index contributed by atoms with van der Waals surface area (Å²) in [6.07, 6.45) is 0.836. The van der Waals surface area contributed by atoms with Crippen LogP contribution in [0.5, 0.6) is 11.5 Å². The van der Waals surface area contributed by atoms with Crippen molar-refractivity contribution in [2.24, 2.45) is 0 Å². The zero-order valence-corrected chi connectivity index (χ0v) is 21.7. The van der Waals surface area contributed by atoms with Crippen molar-refractivity contribution in [2.75, 3.05) is 50.2 Å². The molecule has 0 aromatic heterocycles. The lowest BCUT2D eigenvalue weighted by molar-refractivity contribution is -0.153. The van der Waals surface area contributed by atoms with E-state index in [-0.39, 0.29) is 5.97 Å². The van der Waals surface area contributed by atoms with Gasteiger partial charge in [-0.3, -0.25) is 0 Å². The molecule has 1 heterocycles. The molecule has 1 aliphatic rings. The number of esters is 1. The average molecular weight is 505 g/mol. The van der Waals surface area contributed by atoms with Crippen LogP contribution in [0.1, 0.15) is 24.5 Å². The number of hydrogen-bond donors (Lipinski definition) is 1. The fourth-order valence-electron chi connectivity index (χ4n) is 4.37. The second-order valence-electron chi connectivity index (χ2n) is 8.87. The molecular formula is C30H36N2O5. The molecule has 1 N–H and O–H groups in total. The number of carbonyl (C=O) groups excluding carboxylic acids is 1. The topological polar surface area (TPSA) is 69.3 Å². The summed E-state index contributed by atoms with van der Waals surface area (Å²) in [5.41, 5.74) is 4.33. The third-order valence-electron chi connectivity index (χ3n) is 6.27. The first-order valence-electron chi connectivity index (χ1n) is 12.9. The van der Waals surface area contributed by atoms with Crippen LogP contribution in [-0.4, -0.2) is 52.1 Å². The van der Waals surface area contributed by atoms with Crippen molar-refractivity contribution >= 4 is 17.3 Å². The highest BCUT2D eigenvalue weighted by Gasteiger charge is 2.20. The molecule has 7 heteroatoms. The molecule has 0 fully saturated rings. The van der Waals surface area contributed by atoms with Gasteiger partial charge in [0.05, 0.1) is 25.9 Å². The predicted molar refractivity (Wildman–Crippen MR) is 146 cm³/mol. The van der Waals surface area contributed by atoms with Gasteiger partial charge in [-0.2, -0.15) is 0 Å². The molecule has 4 rings (SSSR count). The zero-order valence-electron chi connectivity index (χ0n) is 21.7. The Kier molecular flexibility index (Phi) is 9.66. The number of hydrogen-bond acceptors (Lipinski definition) is 7. The molecule has 1 unspecified atom stereocenters. The van der Waals surface area contributed by atoms with Crippen molar-refractivity contribution in [1.29, 1.82) is 0 Å². The predicted octanol–water partition coefficient (Wildman–Crippen LogP) is 5.09. The number of methoxy groups -OCH3 is 1. The standard InChI is InChI=1S/C30H36N2O5/c1-3-35-29(30(33)34-2)21-23-12-14-25(15-13-23)31-22-24-8-6-9-26(20-24)36-18-7-16-32-17-19-37-28-11-5-4-10-27(28)32/h4-6,8-15,20,29,31H,3,7,16-19,21-22H2,1-2H3. The normalized spacial score (nSPS) is 13.3. The lowest BCUT2D eigenvalue weighted by Gasteiger charge is -2.31. The fourth-order valence-corrected chi connectivity index (χ4v) is 4.37. The molecule has 196 valence electrons. The Bertz CT molecular complexity index is 1130. The van der Waals surface area contributed by atoms with E-state index >= 15 is 0 Å². The molecule has 0 saturated carbocycles. The second kappa shape index (κ2) is 13.6. The Labute approximate surface area is 219 Å². The van der Waals surface area contributed by atoms with Gasteiger partial charge in [0, 0.05) is 31.8 Å². The average Bonchev–Trinajstić information content (AvgIpc) is 2.94. The molecule has 1 aliphatic heterocycles. The van der Waals surface area contributed by atoms with Crippen LogP contribution in [0.3, 0.4) is 0 Å². The van der Waals surface area contributed by atoms with Crippen molar-refractivity contribution in [2.45, 2.75) is 32.4 Å². The summed E-state index contributed by atoms with van der Waals surface area (Å²) < 4.78 is 22.1. The van der Waals surface area contributed by atoms with Gasteiger partial charge in [-0.15, -0.1) is 0 Å². The first-order chi connectivity index (χ1) is 18.2. The van der Waals surface area contributed by atoms with Gasteiger partial charge >= 0.3 is 5.97 Å². The Morgan fingerprint density at radius 1 is 1.05 bits per heavy atom. The summed E-state index contributed by atoms with van der Waals surface area (Å²) in [6, 6.07) is 24.4. The molecule has 0 spiro atoms. The lowest BCUT2D eigenvalue weighted by atomic mass is 10.1.